The number of ether oxygens (including phenoxy) is 2. The van der Waals surface area contributed by atoms with E-state index in [9.17, 15) is 14.7 Å². The van der Waals surface area contributed by atoms with Crippen LogP contribution in [0, 0.1) is 0 Å². The van der Waals surface area contributed by atoms with Gasteiger partial charge in [0.1, 0.15) is 6.61 Å². The predicted molar refractivity (Wildman–Crippen MR) is 61.9 cm³/mol. The molecule has 18 heavy (non-hydrogen) atoms. The molecule has 1 aromatic carbocycles. The minimum Gasteiger partial charge on any atom is -0.504 e. The van der Waals surface area contributed by atoms with E-state index in [0.717, 1.165) is 6.08 Å². The topological polar surface area (TPSA) is 93.1 Å². The zero-order valence-corrected chi connectivity index (χ0v) is 9.62. The number of hydrogen-bond donors (Lipinski definition) is 2. The molecule has 0 spiro atoms. The van der Waals surface area contributed by atoms with Crippen molar-refractivity contribution in [2.24, 2.45) is 0 Å². The number of aliphatic hydroxyl groups excluding tert-OH is 1. The maximum atomic E-state index is 11.1. The molecule has 6 nitrogen and oxygen atoms in total. The van der Waals surface area contributed by atoms with E-state index < -0.39 is 18.5 Å². The summed E-state index contributed by atoms with van der Waals surface area (Å²) in [5.41, 5.74) is 0.582. The fourth-order valence-corrected chi connectivity index (χ4v) is 1.14. The first-order valence-electron chi connectivity index (χ1n) is 4.97. The van der Waals surface area contributed by atoms with Crippen LogP contribution in [0.15, 0.2) is 24.3 Å². The Hall–Kier alpha value is -2.34. The summed E-state index contributed by atoms with van der Waals surface area (Å²) >= 11 is 0. The molecule has 96 valence electrons. The molecule has 0 fully saturated rings. The zero-order valence-electron chi connectivity index (χ0n) is 9.62. The molecule has 0 aliphatic rings. The highest BCUT2D eigenvalue weighted by molar-refractivity contribution is 5.95. The van der Waals surface area contributed by atoms with Gasteiger partial charge in [0, 0.05) is 6.08 Å². The molecule has 0 amide bonds. The highest BCUT2D eigenvalue weighted by Gasteiger charge is 2.05. The number of benzene rings is 1. The molecule has 0 aromatic heterocycles. The number of rotatable bonds is 4. The Bertz CT molecular complexity index is 477. The van der Waals surface area contributed by atoms with Crippen LogP contribution in [0.5, 0.6) is 11.5 Å². The third kappa shape index (κ3) is 3.91. The Morgan fingerprint density at radius 1 is 1.39 bits per heavy atom. The second-order valence-corrected chi connectivity index (χ2v) is 3.22. The average molecular weight is 252 g/mol. The lowest BCUT2D eigenvalue weighted by Crippen LogP contribution is -2.13. The predicted octanol–water partition coefficient (Wildman–Crippen LogP) is 0.476. The minimum atomic E-state index is -1.02. The highest BCUT2D eigenvalue weighted by Crippen LogP contribution is 2.26. The van der Waals surface area contributed by atoms with Gasteiger partial charge in [-0.25, -0.2) is 9.59 Å². The van der Waals surface area contributed by atoms with Gasteiger partial charge in [-0.3, -0.25) is 0 Å². The Morgan fingerprint density at radius 3 is 2.72 bits per heavy atom. The standard InChI is InChI=1S/C12H12O6/c1-17-10-6-8(2-4-9(10)14)3-5-11(15)18-12(16)7-13/h2-6,13-14H,7H2,1H3. The summed E-state index contributed by atoms with van der Waals surface area (Å²) in [7, 11) is 1.40. The van der Waals surface area contributed by atoms with E-state index in [0.29, 0.717) is 5.56 Å². The molecule has 6 heteroatoms. The minimum absolute atomic E-state index is 0.0207. The number of phenols is 1. The molecule has 0 saturated heterocycles. The van der Waals surface area contributed by atoms with E-state index in [-0.39, 0.29) is 11.5 Å². The van der Waals surface area contributed by atoms with E-state index >= 15 is 0 Å². The van der Waals surface area contributed by atoms with Crippen LogP contribution < -0.4 is 4.74 Å². The van der Waals surface area contributed by atoms with Crippen LogP contribution in [0.4, 0.5) is 0 Å². The summed E-state index contributed by atoms with van der Waals surface area (Å²) in [4.78, 5) is 21.7. The van der Waals surface area contributed by atoms with E-state index in [1.165, 1.54) is 25.3 Å². The van der Waals surface area contributed by atoms with Crippen molar-refractivity contribution >= 4 is 18.0 Å². The van der Waals surface area contributed by atoms with Crippen molar-refractivity contribution in [3.05, 3.63) is 29.8 Å². The van der Waals surface area contributed by atoms with E-state index in [2.05, 4.69) is 4.74 Å². The van der Waals surface area contributed by atoms with Crippen LogP contribution in [0.3, 0.4) is 0 Å². The van der Waals surface area contributed by atoms with Crippen LogP contribution >= 0.6 is 0 Å². The van der Waals surface area contributed by atoms with E-state index in [4.69, 9.17) is 9.84 Å². The lowest BCUT2D eigenvalue weighted by atomic mass is 10.2. The average Bonchev–Trinajstić information content (AvgIpc) is 2.37. The lowest BCUT2D eigenvalue weighted by molar-refractivity contribution is -0.158. The van der Waals surface area contributed by atoms with Gasteiger partial charge >= 0.3 is 11.9 Å². The SMILES string of the molecule is COc1cc(C=CC(=O)OC(=O)CO)ccc1O. The molecular formula is C12H12O6. The molecule has 1 aromatic rings. The maximum Gasteiger partial charge on any atom is 0.339 e. The van der Waals surface area contributed by atoms with E-state index in [1.807, 2.05) is 0 Å². The van der Waals surface area contributed by atoms with E-state index in [1.54, 1.807) is 6.07 Å². The molecule has 1 rings (SSSR count). The maximum absolute atomic E-state index is 11.1. The van der Waals surface area contributed by atoms with Crippen LogP contribution in [0.1, 0.15) is 5.56 Å². The molecule has 0 atom stereocenters. The Labute approximate surface area is 103 Å². The van der Waals surface area contributed by atoms with Crippen LogP contribution in [0.25, 0.3) is 6.08 Å². The van der Waals surface area contributed by atoms with Crippen molar-refractivity contribution in [2.45, 2.75) is 0 Å². The zero-order chi connectivity index (χ0) is 13.5. The summed E-state index contributed by atoms with van der Waals surface area (Å²) in [6.45, 7) is -0.855. The first-order valence-corrected chi connectivity index (χ1v) is 4.97. The Morgan fingerprint density at radius 2 is 2.11 bits per heavy atom. The monoisotopic (exact) mass is 252 g/mol. The largest absolute Gasteiger partial charge is 0.504 e. The molecule has 0 unspecified atom stereocenters. The van der Waals surface area contributed by atoms with Crippen LogP contribution in [-0.2, 0) is 14.3 Å². The van der Waals surface area contributed by atoms with Gasteiger partial charge < -0.3 is 19.7 Å². The van der Waals surface area contributed by atoms with Crippen molar-refractivity contribution in [1.82, 2.24) is 0 Å². The number of methoxy groups -OCH3 is 1. The fourth-order valence-electron chi connectivity index (χ4n) is 1.14. The fraction of sp³-hybridized carbons (Fsp3) is 0.167. The lowest BCUT2D eigenvalue weighted by Gasteiger charge is -2.03. The van der Waals surface area contributed by atoms with Gasteiger partial charge in [-0.2, -0.15) is 0 Å². The number of aromatic hydroxyl groups is 1. The molecule has 0 heterocycles. The number of hydrogen-bond acceptors (Lipinski definition) is 6. The summed E-state index contributed by atoms with van der Waals surface area (Å²) in [6, 6.07) is 4.46. The number of esters is 2. The summed E-state index contributed by atoms with van der Waals surface area (Å²) in [6.07, 6.45) is 2.41. The van der Waals surface area contributed by atoms with Gasteiger partial charge in [0.15, 0.2) is 11.5 Å². The Kier molecular flexibility index (Phi) is 4.89. The second-order valence-electron chi connectivity index (χ2n) is 3.22. The number of carbonyl (C=O) groups is 2. The highest BCUT2D eigenvalue weighted by atomic mass is 16.6. The van der Waals surface area contributed by atoms with Crippen LogP contribution in [0.2, 0.25) is 0 Å². The quantitative estimate of drug-likeness (QED) is 0.460. The third-order valence-electron chi connectivity index (χ3n) is 1.96. The Balaban J connectivity index is 2.72. The first kappa shape index (κ1) is 13.7. The number of aliphatic hydroxyl groups is 1. The third-order valence-corrected chi connectivity index (χ3v) is 1.96. The molecule has 2 N–H and O–H groups in total. The first-order chi connectivity index (χ1) is 8.56. The molecule has 0 aliphatic heterocycles. The molecule has 0 radical (unpaired) electrons. The number of carbonyl (C=O) groups excluding carboxylic acids is 2. The van der Waals surface area contributed by atoms with Gasteiger partial charge in [-0.15, -0.1) is 0 Å². The van der Waals surface area contributed by atoms with Crippen molar-refractivity contribution in [2.75, 3.05) is 13.7 Å². The van der Waals surface area contributed by atoms with Gasteiger partial charge in [-0.1, -0.05) is 6.07 Å². The molecule has 0 aliphatic carbocycles. The second kappa shape index (κ2) is 6.41. The van der Waals surface area contributed by atoms with Gasteiger partial charge in [0.25, 0.3) is 0 Å². The number of phenolic OH excluding ortho intramolecular Hbond substituents is 1. The van der Waals surface area contributed by atoms with Crippen molar-refractivity contribution in [1.29, 1.82) is 0 Å². The van der Waals surface area contributed by atoms with Crippen molar-refractivity contribution in [3.63, 3.8) is 0 Å². The van der Waals surface area contributed by atoms with Gasteiger partial charge in [-0.05, 0) is 23.8 Å². The summed E-state index contributed by atoms with van der Waals surface area (Å²) in [5, 5.41) is 17.7. The molecule has 0 bridgehead atoms. The normalized spacial score (nSPS) is 10.3. The van der Waals surface area contributed by atoms with Gasteiger partial charge in [0.05, 0.1) is 7.11 Å². The summed E-state index contributed by atoms with van der Waals surface area (Å²) < 4.78 is 9.09. The van der Waals surface area contributed by atoms with Crippen molar-refractivity contribution in [3.8, 4) is 11.5 Å². The van der Waals surface area contributed by atoms with Gasteiger partial charge in [0.2, 0.25) is 0 Å². The summed E-state index contributed by atoms with van der Waals surface area (Å²) in [5.74, 6) is -1.67. The molecule has 0 saturated carbocycles. The van der Waals surface area contributed by atoms with Crippen molar-refractivity contribution < 1.29 is 29.3 Å². The van der Waals surface area contributed by atoms with Crippen LogP contribution in [-0.4, -0.2) is 35.9 Å². The smallest absolute Gasteiger partial charge is 0.339 e. The molecular weight excluding hydrogens is 240 g/mol.